The summed E-state index contributed by atoms with van der Waals surface area (Å²) in [6.07, 6.45) is 0.0166. The van der Waals surface area contributed by atoms with Gasteiger partial charge in [0.2, 0.25) is 0 Å². The molecule has 0 bridgehead atoms. The van der Waals surface area contributed by atoms with E-state index >= 15 is 4.39 Å². The van der Waals surface area contributed by atoms with E-state index in [1.165, 1.54) is 36.3 Å². The number of carboxylic acid groups (broad SMARTS) is 1. The topological polar surface area (TPSA) is 85.3 Å². The standard InChI is InChI=1S/C34H37F2NO6/c1-17-21-9-8-12-42-30(21)27(36)14-22(17)28-18(2)24-15-37(32(38)23-13-20(41-7)10-11-26(23)35)16-25(24)19(3)29(28)31(33(39)40)43-34(4,5)6/h10-11,13-14,31H,8-9,12,15-16H2,1-7H3,(H,39,40). The normalized spacial score (nSPS) is 15.0. The van der Waals surface area contributed by atoms with Gasteiger partial charge < -0.3 is 24.2 Å². The number of amides is 1. The number of carbonyl (C=O) groups excluding carboxylic acids is 1. The lowest BCUT2D eigenvalue weighted by atomic mass is 9.81. The highest BCUT2D eigenvalue weighted by Crippen LogP contribution is 2.47. The van der Waals surface area contributed by atoms with E-state index in [0.717, 1.165) is 34.2 Å². The van der Waals surface area contributed by atoms with Gasteiger partial charge in [0.15, 0.2) is 17.7 Å². The molecule has 3 aromatic rings. The summed E-state index contributed by atoms with van der Waals surface area (Å²) in [5, 5.41) is 10.5. The van der Waals surface area contributed by atoms with E-state index in [1.54, 1.807) is 20.8 Å². The first-order chi connectivity index (χ1) is 20.2. The van der Waals surface area contributed by atoms with Gasteiger partial charge in [0, 0.05) is 24.2 Å². The molecule has 1 atom stereocenters. The van der Waals surface area contributed by atoms with E-state index < -0.39 is 35.2 Å². The van der Waals surface area contributed by atoms with Crippen LogP contribution in [0.5, 0.6) is 11.5 Å². The fraction of sp³-hybridized carbons (Fsp3) is 0.412. The van der Waals surface area contributed by atoms with Crippen molar-refractivity contribution in [1.29, 1.82) is 0 Å². The van der Waals surface area contributed by atoms with Crippen LogP contribution >= 0.6 is 0 Å². The molecule has 5 rings (SSSR count). The SMILES string of the molecule is COc1ccc(F)c(C(=O)N2Cc3c(C)c(-c4cc(F)c5c(c4C)CCCO5)c(C(OC(C)(C)C)C(=O)O)c(C)c3C2)c1. The summed E-state index contributed by atoms with van der Waals surface area (Å²) in [6.45, 7) is 11.7. The zero-order valence-electron chi connectivity index (χ0n) is 25.6. The molecule has 0 aliphatic carbocycles. The molecule has 0 saturated carbocycles. The van der Waals surface area contributed by atoms with Crippen molar-refractivity contribution in [2.75, 3.05) is 13.7 Å². The Morgan fingerprint density at radius 1 is 0.977 bits per heavy atom. The van der Waals surface area contributed by atoms with Crippen molar-refractivity contribution in [3.05, 3.63) is 80.4 Å². The second-order valence-electron chi connectivity index (χ2n) is 12.2. The zero-order valence-corrected chi connectivity index (χ0v) is 25.6. The minimum Gasteiger partial charge on any atom is -0.497 e. The van der Waals surface area contributed by atoms with Crippen LogP contribution in [0.3, 0.4) is 0 Å². The highest BCUT2D eigenvalue weighted by molar-refractivity contribution is 5.95. The number of hydrogen-bond donors (Lipinski definition) is 1. The number of carbonyl (C=O) groups is 2. The van der Waals surface area contributed by atoms with Gasteiger partial charge in [-0.3, -0.25) is 4.79 Å². The summed E-state index contributed by atoms with van der Waals surface area (Å²) in [5.74, 6) is -2.26. The van der Waals surface area contributed by atoms with E-state index in [2.05, 4.69) is 0 Å². The second kappa shape index (κ2) is 11.3. The summed E-state index contributed by atoms with van der Waals surface area (Å²) >= 11 is 0. The van der Waals surface area contributed by atoms with Crippen LogP contribution in [0.4, 0.5) is 8.78 Å². The molecule has 0 fully saturated rings. The van der Waals surface area contributed by atoms with Gasteiger partial charge in [-0.1, -0.05) is 0 Å². The van der Waals surface area contributed by atoms with Gasteiger partial charge in [-0.25, -0.2) is 13.6 Å². The highest BCUT2D eigenvalue weighted by Gasteiger charge is 2.38. The van der Waals surface area contributed by atoms with Crippen molar-refractivity contribution in [2.24, 2.45) is 0 Å². The van der Waals surface area contributed by atoms with Crippen molar-refractivity contribution >= 4 is 11.9 Å². The molecule has 1 unspecified atom stereocenters. The molecule has 9 heteroatoms. The molecule has 228 valence electrons. The van der Waals surface area contributed by atoms with Crippen molar-refractivity contribution in [1.82, 2.24) is 4.90 Å². The third-order valence-electron chi connectivity index (χ3n) is 8.37. The largest absolute Gasteiger partial charge is 0.497 e. The van der Waals surface area contributed by atoms with Gasteiger partial charge in [-0.2, -0.15) is 0 Å². The molecule has 1 N–H and O–H groups in total. The molecule has 2 aliphatic heterocycles. The van der Waals surface area contributed by atoms with Crippen LogP contribution in [0.2, 0.25) is 0 Å². The average Bonchev–Trinajstić information content (AvgIpc) is 3.42. The Bertz CT molecular complexity index is 1640. The van der Waals surface area contributed by atoms with Crippen LogP contribution in [-0.2, 0) is 29.0 Å². The van der Waals surface area contributed by atoms with Gasteiger partial charge in [-0.15, -0.1) is 0 Å². The molecular weight excluding hydrogens is 556 g/mol. The van der Waals surface area contributed by atoms with Gasteiger partial charge in [-0.05, 0) is 118 Å². The predicted octanol–water partition coefficient (Wildman–Crippen LogP) is 6.99. The quantitative estimate of drug-likeness (QED) is 0.332. The molecule has 0 saturated heterocycles. The fourth-order valence-electron chi connectivity index (χ4n) is 6.31. The van der Waals surface area contributed by atoms with Crippen molar-refractivity contribution < 1.29 is 37.7 Å². The minimum absolute atomic E-state index is 0.116. The van der Waals surface area contributed by atoms with Gasteiger partial charge in [0.05, 0.1) is 24.9 Å². The lowest BCUT2D eigenvalue weighted by Crippen LogP contribution is -2.29. The number of ether oxygens (including phenoxy) is 3. The maximum Gasteiger partial charge on any atom is 0.337 e. The van der Waals surface area contributed by atoms with Crippen LogP contribution in [0, 0.1) is 32.4 Å². The van der Waals surface area contributed by atoms with Crippen molar-refractivity contribution in [3.8, 4) is 22.6 Å². The molecule has 0 radical (unpaired) electrons. The van der Waals surface area contributed by atoms with E-state index in [4.69, 9.17) is 14.2 Å². The van der Waals surface area contributed by atoms with Crippen LogP contribution in [-0.4, -0.2) is 41.2 Å². The molecule has 2 aliphatic rings. The molecule has 1 amide bonds. The Labute approximate surface area is 250 Å². The molecule has 7 nitrogen and oxygen atoms in total. The second-order valence-corrected chi connectivity index (χ2v) is 12.2. The van der Waals surface area contributed by atoms with Crippen LogP contribution < -0.4 is 9.47 Å². The van der Waals surface area contributed by atoms with E-state index in [-0.39, 0.29) is 24.4 Å². The molecule has 43 heavy (non-hydrogen) atoms. The van der Waals surface area contributed by atoms with Gasteiger partial charge in [0.25, 0.3) is 5.91 Å². The number of benzene rings is 3. The first-order valence-electron chi connectivity index (χ1n) is 14.4. The summed E-state index contributed by atoms with van der Waals surface area (Å²) in [4.78, 5) is 28.0. The van der Waals surface area contributed by atoms with E-state index in [0.29, 0.717) is 41.0 Å². The van der Waals surface area contributed by atoms with Crippen molar-refractivity contribution in [3.63, 3.8) is 0 Å². The zero-order chi connectivity index (χ0) is 31.4. The third-order valence-corrected chi connectivity index (χ3v) is 8.37. The summed E-state index contributed by atoms with van der Waals surface area (Å²) in [5.41, 5.74) is 5.15. The Morgan fingerprint density at radius 3 is 2.28 bits per heavy atom. The number of halogens is 2. The lowest BCUT2D eigenvalue weighted by Gasteiger charge is -2.31. The summed E-state index contributed by atoms with van der Waals surface area (Å²) < 4.78 is 47.4. The Hall–Kier alpha value is -3.98. The Morgan fingerprint density at radius 2 is 1.65 bits per heavy atom. The predicted molar refractivity (Wildman–Crippen MR) is 158 cm³/mol. The van der Waals surface area contributed by atoms with E-state index in [1.807, 2.05) is 20.8 Å². The maximum absolute atomic E-state index is 15.6. The summed E-state index contributed by atoms with van der Waals surface area (Å²) in [7, 11) is 1.44. The molecule has 0 spiro atoms. The molecule has 2 heterocycles. The van der Waals surface area contributed by atoms with Crippen molar-refractivity contribution in [2.45, 2.75) is 79.2 Å². The molecular formula is C34H37F2NO6. The average molecular weight is 594 g/mol. The van der Waals surface area contributed by atoms with E-state index in [9.17, 15) is 19.1 Å². The maximum atomic E-state index is 15.6. The van der Waals surface area contributed by atoms with Gasteiger partial charge >= 0.3 is 5.97 Å². The number of fused-ring (bicyclic) bond motifs is 2. The van der Waals surface area contributed by atoms with Gasteiger partial charge in [0.1, 0.15) is 11.6 Å². The van der Waals surface area contributed by atoms with Crippen LogP contribution in [0.1, 0.15) is 82.6 Å². The van der Waals surface area contributed by atoms with Crippen LogP contribution in [0.25, 0.3) is 11.1 Å². The lowest BCUT2D eigenvalue weighted by molar-refractivity contribution is -0.160. The minimum atomic E-state index is -1.37. The summed E-state index contributed by atoms with van der Waals surface area (Å²) in [6, 6.07) is 5.43. The molecule has 0 aromatic heterocycles. The highest BCUT2D eigenvalue weighted by atomic mass is 19.1. The first kappa shape index (κ1) is 30.5. The third kappa shape index (κ3) is 5.46. The Kier molecular flexibility index (Phi) is 7.98. The number of hydrogen-bond acceptors (Lipinski definition) is 5. The fourth-order valence-corrected chi connectivity index (χ4v) is 6.31. The van der Waals surface area contributed by atoms with Crippen LogP contribution in [0.15, 0.2) is 24.3 Å². The molecule has 3 aromatic carbocycles. The smallest absolute Gasteiger partial charge is 0.337 e. The number of aliphatic carboxylic acids is 1. The number of rotatable bonds is 6. The number of nitrogens with zero attached hydrogens (tertiary/aromatic N) is 1. The number of methoxy groups -OCH3 is 1. The monoisotopic (exact) mass is 593 g/mol. The number of carboxylic acids is 1. The first-order valence-corrected chi connectivity index (χ1v) is 14.4. The Balaban J connectivity index is 1.73.